The predicted molar refractivity (Wildman–Crippen MR) is 119 cm³/mol. The van der Waals surface area contributed by atoms with Crippen LogP contribution in [0.25, 0.3) is 22.0 Å². The molecule has 0 aliphatic carbocycles. The molecule has 160 valence electrons. The van der Waals surface area contributed by atoms with Crippen LogP contribution in [-0.2, 0) is 4.79 Å². The van der Waals surface area contributed by atoms with Gasteiger partial charge < -0.3 is 9.80 Å². The SMILES string of the molecule is CCN(CC)C(=O)[C@H]1CCCN(C(=O)c2cc(-c3ccncc3)c3cnccc3n2)C1. The van der Waals surface area contributed by atoms with Crippen LogP contribution in [-0.4, -0.2) is 62.7 Å². The monoisotopic (exact) mass is 417 g/mol. The summed E-state index contributed by atoms with van der Waals surface area (Å²) >= 11 is 0. The number of rotatable bonds is 5. The quantitative estimate of drug-likeness (QED) is 0.636. The minimum Gasteiger partial charge on any atom is -0.343 e. The highest BCUT2D eigenvalue weighted by Crippen LogP contribution is 2.29. The Balaban J connectivity index is 1.66. The van der Waals surface area contributed by atoms with Crippen molar-refractivity contribution in [3.8, 4) is 11.1 Å². The molecule has 2 amide bonds. The van der Waals surface area contributed by atoms with Gasteiger partial charge in [0.15, 0.2) is 0 Å². The number of piperidine rings is 1. The van der Waals surface area contributed by atoms with Crippen molar-refractivity contribution < 1.29 is 9.59 Å². The van der Waals surface area contributed by atoms with E-state index in [2.05, 4.69) is 15.0 Å². The lowest BCUT2D eigenvalue weighted by atomic mass is 9.95. The van der Waals surface area contributed by atoms with Crippen LogP contribution in [0.4, 0.5) is 0 Å². The van der Waals surface area contributed by atoms with Crippen molar-refractivity contribution in [2.24, 2.45) is 5.92 Å². The lowest BCUT2D eigenvalue weighted by Gasteiger charge is -2.34. The first-order valence-corrected chi connectivity index (χ1v) is 10.9. The van der Waals surface area contributed by atoms with E-state index in [4.69, 9.17) is 0 Å². The number of carbonyl (C=O) groups is 2. The maximum absolute atomic E-state index is 13.4. The van der Waals surface area contributed by atoms with Crippen LogP contribution >= 0.6 is 0 Å². The van der Waals surface area contributed by atoms with Gasteiger partial charge in [0.05, 0.1) is 11.4 Å². The summed E-state index contributed by atoms with van der Waals surface area (Å²) in [6, 6.07) is 7.47. The second-order valence-corrected chi connectivity index (χ2v) is 7.78. The number of hydrogen-bond donors (Lipinski definition) is 0. The van der Waals surface area contributed by atoms with E-state index >= 15 is 0 Å². The van der Waals surface area contributed by atoms with E-state index in [1.54, 1.807) is 29.7 Å². The first kappa shape index (κ1) is 20.9. The fourth-order valence-corrected chi connectivity index (χ4v) is 4.27. The third-order valence-electron chi connectivity index (χ3n) is 5.95. The number of hydrogen-bond acceptors (Lipinski definition) is 5. The van der Waals surface area contributed by atoms with Crippen LogP contribution in [0.5, 0.6) is 0 Å². The summed E-state index contributed by atoms with van der Waals surface area (Å²) in [4.78, 5) is 42.8. The van der Waals surface area contributed by atoms with Gasteiger partial charge in [-0.2, -0.15) is 0 Å². The number of carbonyl (C=O) groups excluding carboxylic acids is 2. The third kappa shape index (κ3) is 4.26. The van der Waals surface area contributed by atoms with E-state index < -0.39 is 0 Å². The van der Waals surface area contributed by atoms with Gasteiger partial charge in [0.25, 0.3) is 5.91 Å². The summed E-state index contributed by atoms with van der Waals surface area (Å²) in [5.41, 5.74) is 2.97. The molecule has 0 unspecified atom stereocenters. The molecule has 0 N–H and O–H groups in total. The molecule has 1 atom stereocenters. The standard InChI is InChI=1S/C24H27N5O2/c1-3-28(4-2)23(30)18-6-5-13-29(16-18)24(31)22-14-19(17-7-10-25-11-8-17)20-15-26-12-9-21(20)27-22/h7-12,14-15,18H,3-6,13,16H2,1-2H3/t18-/m0/s1. The Morgan fingerprint density at radius 2 is 1.84 bits per heavy atom. The van der Waals surface area contributed by atoms with Gasteiger partial charge in [0, 0.05) is 56.4 Å². The Bertz CT molecular complexity index is 1080. The molecule has 0 saturated carbocycles. The van der Waals surface area contributed by atoms with Crippen LogP contribution in [0, 0.1) is 5.92 Å². The Labute approximate surface area is 182 Å². The Hall–Kier alpha value is -3.35. The maximum atomic E-state index is 13.4. The highest BCUT2D eigenvalue weighted by atomic mass is 16.2. The summed E-state index contributed by atoms with van der Waals surface area (Å²) in [7, 11) is 0. The molecule has 0 bridgehead atoms. The zero-order valence-corrected chi connectivity index (χ0v) is 18.0. The van der Waals surface area contributed by atoms with Crippen molar-refractivity contribution in [2.75, 3.05) is 26.2 Å². The number of pyridine rings is 3. The van der Waals surface area contributed by atoms with E-state index in [0.717, 1.165) is 34.9 Å². The fraction of sp³-hybridized carbons (Fsp3) is 0.375. The summed E-state index contributed by atoms with van der Waals surface area (Å²) in [5, 5.41) is 0.887. The highest BCUT2D eigenvalue weighted by molar-refractivity contribution is 6.01. The van der Waals surface area contributed by atoms with Crippen molar-refractivity contribution in [3.05, 3.63) is 54.7 Å². The normalized spacial score (nSPS) is 16.3. The van der Waals surface area contributed by atoms with Gasteiger partial charge in [0.2, 0.25) is 5.91 Å². The lowest BCUT2D eigenvalue weighted by molar-refractivity contribution is -0.136. The molecular weight excluding hydrogens is 390 g/mol. The first-order valence-electron chi connectivity index (χ1n) is 10.9. The van der Waals surface area contributed by atoms with E-state index in [9.17, 15) is 9.59 Å². The molecule has 1 aliphatic rings. The van der Waals surface area contributed by atoms with Crippen LogP contribution < -0.4 is 0 Å². The molecule has 3 aromatic heterocycles. The van der Waals surface area contributed by atoms with Crippen LogP contribution in [0.2, 0.25) is 0 Å². The molecule has 3 aromatic rings. The number of likely N-dealkylation sites (tertiary alicyclic amines) is 1. The minimum absolute atomic E-state index is 0.133. The third-order valence-corrected chi connectivity index (χ3v) is 5.95. The number of fused-ring (bicyclic) bond motifs is 1. The Kier molecular flexibility index (Phi) is 6.21. The molecule has 1 aliphatic heterocycles. The van der Waals surface area contributed by atoms with Crippen LogP contribution in [0.3, 0.4) is 0 Å². The van der Waals surface area contributed by atoms with Crippen molar-refractivity contribution in [3.63, 3.8) is 0 Å². The number of nitrogens with zero attached hydrogens (tertiary/aromatic N) is 5. The summed E-state index contributed by atoms with van der Waals surface area (Å²) in [5.74, 6) is -0.148. The Morgan fingerprint density at radius 1 is 1.10 bits per heavy atom. The molecule has 0 aromatic carbocycles. The van der Waals surface area contributed by atoms with Gasteiger partial charge in [-0.1, -0.05) is 0 Å². The molecule has 7 heteroatoms. The summed E-state index contributed by atoms with van der Waals surface area (Å²) in [6.07, 6.45) is 8.54. The largest absolute Gasteiger partial charge is 0.343 e. The summed E-state index contributed by atoms with van der Waals surface area (Å²) < 4.78 is 0. The van der Waals surface area contributed by atoms with E-state index in [-0.39, 0.29) is 17.7 Å². The van der Waals surface area contributed by atoms with Crippen molar-refractivity contribution in [2.45, 2.75) is 26.7 Å². The molecule has 0 spiro atoms. The smallest absolute Gasteiger partial charge is 0.272 e. The average molecular weight is 418 g/mol. The van der Waals surface area contributed by atoms with Gasteiger partial charge in [-0.15, -0.1) is 0 Å². The van der Waals surface area contributed by atoms with Gasteiger partial charge in [-0.3, -0.25) is 19.6 Å². The predicted octanol–water partition coefficient (Wildman–Crippen LogP) is 3.41. The average Bonchev–Trinajstić information content (AvgIpc) is 2.84. The highest BCUT2D eigenvalue weighted by Gasteiger charge is 2.31. The van der Waals surface area contributed by atoms with Gasteiger partial charge in [0.1, 0.15) is 5.69 Å². The van der Waals surface area contributed by atoms with Crippen molar-refractivity contribution in [1.29, 1.82) is 0 Å². The van der Waals surface area contributed by atoms with E-state index in [1.807, 2.05) is 43.0 Å². The zero-order chi connectivity index (χ0) is 21.8. The lowest BCUT2D eigenvalue weighted by Crippen LogP contribution is -2.46. The molecule has 31 heavy (non-hydrogen) atoms. The topological polar surface area (TPSA) is 79.3 Å². The van der Waals surface area contributed by atoms with Crippen LogP contribution in [0.15, 0.2) is 49.1 Å². The van der Waals surface area contributed by atoms with E-state index in [0.29, 0.717) is 31.9 Å². The molecule has 4 heterocycles. The first-order chi connectivity index (χ1) is 15.1. The molecule has 4 rings (SSSR count). The molecule has 0 radical (unpaired) electrons. The second-order valence-electron chi connectivity index (χ2n) is 7.78. The second kappa shape index (κ2) is 9.20. The minimum atomic E-state index is -0.151. The van der Waals surface area contributed by atoms with Gasteiger partial charge in [-0.25, -0.2) is 4.98 Å². The van der Waals surface area contributed by atoms with Crippen molar-refractivity contribution >= 4 is 22.7 Å². The van der Waals surface area contributed by atoms with Crippen LogP contribution in [0.1, 0.15) is 37.2 Å². The number of amides is 2. The number of aromatic nitrogens is 3. The zero-order valence-electron chi connectivity index (χ0n) is 18.0. The maximum Gasteiger partial charge on any atom is 0.272 e. The molecular formula is C24H27N5O2. The van der Waals surface area contributed by atoms with Gasteiger partial charge in [-0.05, 0) is 62.1 Å². The Morgan fingerprint density at radius 3 is 2.58 bits per heavy atom. The summed E-state index contributed by atoms with van der Waals surface area (Å²) in [6.45, 7) is 6.43. The molecule has 1 fully saturated rings. The van der Waals surface area contributed by atoms with Crippen molar-refractivity contribution in [1.82, 2.24) is 24.8 Å². The van der Waals surface area contributed by atoms with E-state index in [1.165, 1.54) is 0 Å². The van der Waals surface area contributed by atoms with Gasteiger partial charge >= 0.3 is 0 Å². The fourth-order valence-electron chi connectivity index (χ4n) is 4.27. The molecule has 7 nitrogen and oxygen atoms in total. The molecule has 1 saturated heterocycles.